The molecule has 3 aliphatic rings. The van der Waals surface area contributed by atoms with Crippen LogP contribution in [0.15, 0.2) is 33.3 Å². The molecular weight excluding hydrogens is 267 g/mol. The molecule has 0 radical (unpaired) electrons. The van der Waals surface area contributed by atoms with Crippen LogP contribution < -0.4 is 0 Å². The molecule has 112 valence electrons. The highest BCUT2D eigenvalue weighted by Gasteiger charge is 2.52. The van der Waals surface area contributed by atoms with E-state index in [9.17, 15) is 0 Å². The lowest BCUT2D eigenvalue weighted by Gasteiger charge is -2.32. The van der Waals surface area contributed by atoms with Gasteiger partial charge in [-0.15, -0.1) is 0 Å². The van der Waals surface area contributed by atoms with Gasteiger partial charge in [0.25, 0.3) is 0 Å². The van der Waals surface area contributed by atoms with Gasteiger partial charge < -0.3 is 14.4 Å². The van der Waals surface area contributed by atoms with Gasteiger partial charge in [-0.3, -0.25) is 9.98 Å². The minimum atomic E-state index is -0.333. The van der Waals surface area contributed by atoms with E-state index in [-0.39, 0.29) is 31.0 Å². The molecule has 3 rings (SSSR count). The van der Waals surface area contributed by atoms with Crippen LogP contribution in [0.1, 0.15) is 34.1 Å². The summed E-state index contributed by atoms with van der Waals surface area (Å²) in [6.45, 7) is 8.12. The Bertz CT molecular complexity index is 559. The Labute approximate surface area is 125 Å². The molecule has 0 bridgehead atoms. The topological polar surface area (TPSA) is 63.4 Å². The minimum absolute atomic E-state index is 0.000625. The molecule has 21 heavy (non-hydrogen) atoms. The number of aliphatic hydroxyl groups excluding tert-OH is 1. The predicted molar refractivity (Wildman–Crippen MR) is 83.7 cm³/mol. The zero-order valence-corrected chi connectivity index (χ0v) is 13.0. The molecule has 0 aromatic rings. The van der Waals surface area contributed by atoms with Crippen LogP contribution >= 0.6 is 0 Å². The van der Waals surface area contributed by atoms with Crippen molar-refractivity contribution in [2.24, 2.45) is 9.98 Å². The highest BCUT2D eigenvalue weighted by atomic mass is 16.7. The zero-order chi connectivity index (χ0) is 15.3. The summed E-state index contributed by atoms with van der Waals surface area (Å²) in [5.41, 5.74) is 1.91. The lowest BCUT2D eigenvalue weighted by Crippen LogP contribution is -2.41. The first-order valence-corrected chi connectivity index (χ1v) is 7.30. The zero-order valence-electron chi connectivity index (χ0n) is 13.0. The normalized spacial score (nSPS) is 29.7. The Balaban J connectivity index is 1.81. The molecule has 2 heterocycles. The van der Waals surface area contributed by atoms with E-state index in [0.717, 1.165) is 17.6 Å². The van der Waals surface area contributed by atoms with E-state index < -0.39 is 0 Å². The van der Waals surface area contributed by atoms with E-state index in [0.29, 0.717) is 5.71 Å². The third kappa shape index (κ3) is 2.52. The van der Waals surface area contributed by atoms with Crippen molar-refractivity contribution in [1.82, 2.24) is 0 Å². The fourth-order valence-corrected chi connectivity index (χ4v) is 2.56. The van der Waals surface area contributed by atoms with Crippen molar-refractivity contribution >= 4 is 19.0 Å². The summed E-state index contributed by atoms with van der Waals surface area (Å²) in [6.07, 6.45) is 6.34. The Morgan fingerprint density at radius 1 is 1.24 bits per heavy atom. The molecule has 1 unspecified atom stereocenters. The second-order valence-electron chi connectivity index (χ2n) is 6.68. The van der Waals surface area contributed by atoms with Gasteiger partial charge in [-0.25, -0.2) is 0 Å². The van der Waals surface area contributed by atoms with Gasteiger partial charge in [0.1, 0.15) is 0 Å². The quantitative estimate of drug-likeness (QED) is 0.787. The molecule has 1 fully saturated rings. The summed E-state index contributed by atoms with van der Waals surface area (Å²) in [5, 5.41) is 9.12. The Morgan fingerprint density at radius 2 is 1.90 bits per heavy atom. The second-order valence-corrected chi connectivity index (χ2v) is 6.68. The molecular formula is C15H21BN2O3. The summed E-state index contributed by atoms with van der Waals surface area (Å²) in [5.74, 6) is 0. The lowest BCUT2D eigenvalue weighted by molar-refractivity contribution is 0.00578. The van der Waals surface area contributed by atoms with Crippen LogP contribution in [0.5, 0.6) is 0 Å². The van der Waals surface area contributed by atoms with Gasteiger partial charge in [0, 0.05) is 6.21 Å². The van der Waals surface area contributed by atoms with Crippen LogP contribution in [0.4, 0.5) is 0 Å². The fraction of sp³-hybridized carbons (Fsp3) is 0.600. The van der Waals surface area contributed by atoms with Crippen molar-refractivity contribution in [2.75, 3.05) is 6.61 Å². The number of aliphatic hydroxyl groups is 1. The highest BCUT2D eigenvalue weighted by molar-refractivity contribution is 6.54. The van der Waals surface area contributed by atoms with Crippen LogP contribution in [0.2, 0.25) is 0 Å². The summed E-state index contributed by atoms with van der Waals surface area (Å²) >= 11 is 0. The number of fused-ring (bicyclic) bond motifs is 1. The molecule has 2 aliphatic heterocycles. The first-order valence-electron chi connectivity index (χ1n) is 7.30. The van der Waals surface area contributed by atoms with Crippen LogP contribution in [-0.2, 0) is 9.31 Å². The molecule has 1 atom stereocenters. The molecule has 1 aliphatic carbocycles. The van der Waals surface area contributed by atoms with Crippen molar-refractivity contribution in [3.63, 3.8) is 0 Å². The lowest BCUT2D eigenvalue weighted by atomic mass is 9.72. The first kappa shape index (κ1) is 14.7. The van der Waals surface area contributed by atoms with Crippen molar-refractivity contribution in [2.45, 2.75) is 51.4 Å². The van der Waals surface area contributed by atoms with Crippen LogP contribution in [0.25, 0.3) is 0 Å². The summed E-state index contributed by atoms with van der Waals surface area (Å²) < 4.78 is 12.2. The van der Waals surface area contributed by atoms with Gasteiger partial charge in [-0.2, -0.15) is 0 Å². The molecule has 0 aromatic heterocycles. The highest BCUT2D eigenvalue weighted by Crippen LogP contribution is 2.40. The molecule has 0 spiro atoms. The van der Waals surface area contributed by atoms with Crippen LogP contribution in [-0.4, -0.2) is 48.0 Å². The van der Waals surface area contributed by atoms with E-state index in [1.165, 1.54) is 0 Å². The third-order valence-corrected chi connectivity index (χ3v) is 4.63. The van der Waals surface area contributed by atoms with Crippen molar-refractivity contribution in [1.29, 1.82) is 0 Å². The average molecular weight is 288 g/mol. The summed E-state index contributed by atoms with van der Waals surface area (Å²) in [6, 6.07) is -0.000625. The molecule has 0 amide bonds. The Hall–Kier alpha value is -1.24. The standard InChI is InChI=1S/C15H21BN2O3/c1-14(2)15(3,4)21-16(20-14)10-5-6-12-13(7-10)17-8-11(9-19)18-12/h5-6,8,13,19H,7,9H2,1-4H3. The summed E-state index contributed by atoms with van der Waals surface area (Å²) in [4.78, 5) is 8.85. The van der Waals surface area contributed by atoms with E-state index in [1.807, 2.05) is 39.8 Å². The van der Waals surface area contributed by atoms with E-state index in [4.69, 9.17) is 14.4 Å². The number of aliphatic imine (C=N–C) groups is 2. The molecule has 1 N–H and O–H groups in total. The monoisotopic (exact) mass is 288 g/mol. The fourth-order valence-electron chi connectivity index (χ4n) is 2.56. The maximum absolute atomic E-state index is 9.12. The largest absolute Gasteiger partial charge is 0.490 e. The number of hydrogen-bond acceptors (Lipinski definition) is 5. The molecule has 6 heteroatoms. The van der Waals surface area contributed by atoms with E-state index >= 15 is 0 Å². The molecule has 1 saturated heterocycles. The number of nitrogens with zero attached hydrogens (tertiary/aromatic N) is 2. The van der Waals surface area contributed by atoms with Gasteiger partial charge in [-0.1, -0.05) is 6.08 Å². The minimum Gasteiger partial charge on any atom is -0.400 e. The molecule has 0 aromatic carbocycles. The van der Waals surface area contributed by atoms with Gasteiger partial charge in [0.15, 0.2) is 0 Å². The molecule has 0 saturated carbocycles. The van der Waals surface area contributed by atoms with Crippen LogP contribution in [0, 0.1) is 0 Å². The number of hydrogen-bond donors (Lipinski definition) is 1. The van der Waals surface area contributed by atoms with Gasteiger partial charge in [0.2, 0.25) is 0 Å². The van der Waals surface area contributed by atoms with Crippen molar-refractivity contribution < 1.29 is 14.4 Å². The second kappa shape index (κ2) is 4.90. The van der Waals surface area contributed by atoms with Gasteiger partial charge in [0.05, 0.1) is 35.3 Å². The van der Waals surface area contributed by atoms with Gasteiger partial charge >= 0.3 is 7.12 Å². The van der Waals surface area contributed by atoms with Crippen molar-refractivity contribution in [3.05, 3.63) is 23.3 Å². The predicted octanol–water partition coefficient (Wildman–Crippen LogP) is 1.72. The van der Waals surface area contributed by atoms with E-state index in [2.05, 4.69) is 9.98 Å². The van der Waals surface area contributed by atoms with Gasteiger partial charge in [-0.05, 0) is 45.7 Å². The molecule has 5 nitrogen and oxygen atoms in total. The summed E-state index contributed by atoms with van der Waals surface area (Å²) in [7, 11) is -0.328. The Morgan fingerprint density at radius 3 is 2.52 bits per heavy atom. The maximum Gasteiger partial charge on any atom is 0.490 e. The first-order chi connectivity index (χ1) is 9.82. The van der Waals surface area contributed by atoms with E-state index in [1.54, 1.807) is 6.21 Å². The maximum atomic E-state index is 9.12. The Kier molecular flexibility index (Phi) is 3.43. The third-order valence-electron chi connectivity index (χ3n) is 4.63. The number of allylic oxidation sites excluding steroid dienone is 2. The average Bonchev–Trinajstić information content (AvgIpc) is 2.66. The SMILES string of the molecule is CC1(C)OB(C2=CC=C3N=C(CO)C=NC3C2)OC1(C)C. The van der Waals surface area contributed by atoms with Crippen LogP contribution in [0.3, 0.4) is 0 Å². The smallest absolute Gasteiger partial charge is 0.400 e. The van der Waals surface area contributed by atoms with Crippen molar-refractivity contribution in [3.8, 4) is 0 Å². The number of rotatable bonds is 2.